The number of hydroxylamine groups is 1. The fourth-order valence-corrected chi connectivity index (χ4v) is 2.83. The van der Waals surface area contributed by atoms with Crippen molar-refractivity contribution in [3.05, 3.63) is 64.7 Å². The Bertz CT molecular complexity index is 931. The molecule has 1 N–H and O–H groups in total. The Morgan fingerprint density at radius 1 is 1.16 bits per heavy atom. The number of hydrogen-bond donors (Lipinski definition) is 1. The van der Waals surface area contributed by atoms with Crippen molar-refractivity contribution in [3.8, 4) is 5.75 Å². The van der Waals surface area contributed by atoms with Crippen LogP contribution in [0.1, 0.15) is 35.2 Å². The molecule has 0 fully saturated rings. The molecular formula is C21H23F3N2O5. The Morgan fingerprint density at radius 3 is 2.52 bits per heavy atom. The molecule has 0 aliphatic heterocycles. The summed E-state index contributed by atoms with van der Waals surface area (Å²) in [7, 11) is 2.65. The normalized spacial score (nSPS) is 12.9. The third-order valence-electron chi connectivity index (χ3n) is 4.33. The van der Waals surface area contributed by atoms with E-state index >= 15 is 0 Å². The number of rotatable bonds is 9. The van der Waals surface area contributed by atoms with Crippen molar-refractivity contribution in [3.63, 3.8) is 0 Å². The van der Waals surface area contributed by atoms with Gasteiger partial charge in [0.2, 0.25) is 0 Å². The molecule has 1 unspecified atom stereocenters. The number of carbonyl (C=O) groups is 1. The van der Waals surface area contributed by atoms with Gasteiger partial charge in [0, 0.05) is 11.1 Å². The Labute approximate surface area is 177 Å². The summed E-state index contributed by atoms with van der Waals surface area (Å²) in [5.74, 6) is -0.901. The highest BCUT2D eigenvalue weighted by Crippen LogP contribution is 2.25. The lowest BCUT2D eigenvalue weighted by molar-refractivity contribution is -0.274. The van der Waals surface area contributed by atoms with Crippen LogP contribution in [0.5, 0.6) is 5.75 Å². The minimum Gasteiger partial charge on any atom is -0.468 e. The minimum absolute atomic E-state index is 0.0109. The number of aryl methyl sites for hydroxylation is 1. The van der Waals surface area contributed by atoms with Crippen molar-refractivity contribution >= 4 is 11.7 Å². The van der Waals surface area contributed by atoms with Crippen LogP contribution in [0.3, 0.4) is 0 Å². The van der Waals surface area contributed by atoms with E-state index in [9.17, 15) is 18.0 Å². The zero-order valence-corrected chi connectivity index (χ0v) is 17.4. The van der Waals surface area contributed by atoms with Crippen LogP contribution >= 0.6 is 0 Å². The van der Waals surface area contributed by atoms with Crippen LogP contribution in [-0.2, 0) is 25.8 Å². The van der Waals surface area contributed by atoms with Crippen molar-refractivity contribution in [2.45, 2.75) is 32.9 Å². The first-order valence-electron chi connectivity index (χ1n) is 9.13. The predicted octanol–water partition coefficient (Wildman–Crippen LogP) is 4.20. The Morgan fingerprint density at radius 2 is 1.87 bits per heavy atom. The highest BCUT2D eigenvalue weighted by Gasteiger charge is 2.31. The van der Waals surface area contributed by atoms with Gasteiger partial charge in [-0.3, -0.25) is 0 Å². The second-order valence-electron chi connectivity index (χ2n) is 6.45. The summed E-state index contributed by atoms with van der Waals surface area (Å²) in [6.45, 7) is 3.45. The first kappa shape index (κ1) is 24.2. The molecule has 0 radical (unpaired) electrons. The molecule has 168 valence electrons. The van der Waals surface area contributed by atoms with E-state index in [0.717, 1.165) is 5.56 Å². The Kier molecular flexibility index (Phi) is 8.40. The van der Waals surface area contributed by atoms with Gasteiger partial charge < -0.3 is 19.1 Å². The second kappa shape index (κ2) is 10.8. The minimum atomic E-state index is -4.78. The van der Waals surface area contributed by atoms with Crippen LogP contribution in [0, 0.1) is 6.92 Å². The molecular weight excluding hydrogens is 417 g/mol. The lowest BCUT2D eigenvalue weighted by Crippen LogP contribution is -2.30. The van der Waals surface area contributed by atoms with Gasteiger partial charge >= 0.3 is 12.3 Å². The van der Waals surface area contributed by atoms with Gasteiger partial charge in [-0.25, -0.2) is 4.79 Å². The molecule has 31 heavy (non-hydrogen) atoms. The fraction of sp³-hybridized carbons (Fsp3) is 0.333. The van der Waals surface area contributed by atoms with Crippen molar-refractivity contribution in [2.75, 3.05) is 14.2 Å². The number of ether oxygens (including phenoxy) is 2. The molecule has 0 aliphatic carbocycles. The molecule has 0 spiro atoms. The maximum atomic E-state index is 12.4. The number of nitrogens with one attached hydrogen (secondary N) is 1. The molecule has 0 amide bonds. The standard InChI is InChI=1S/C21H23F3N2O5/c1-13-7-5-10-17(19(26-29-4)20(27)28-3)18(13)12-30-25-14(2)15-8-6-9-16(11-15)31-21(22,23)24/h5-11,19,26H,12H2,1-4H3/b25-14+. The number of carbonyl (C=O) groups excluding carboxylic acids is 1. The number of hydrogen-bond acceptors (Lipinski definition) is 7. The van der Waals surface area contributed by atoms with Gasteiger partial charge in [0.25, 0.3) is 0 Å². The maximum absolute atomic E-state index is 12.4. The average Bonchev–Trinajstić information content (AvgIpc) is 2.71. The van der Waals surface area contributed by atoms with Crippen LogP contribution in [-0.4, -0.2) is 32.3 Å². The van der Waals surface area contributed by atoms with E-state index in [4.69, 9.17) is 14.4 Å². The summed E-state index contributed by atoms with van der Waals surface area (Å²) in [4.78, 5) is 22.5. The molecule has 0 saturated heterocycles. The lowest BCUT2D eigenvalue weighted by atomic mass is 9.97. The first-order chi connectivity index (χ1) is 14.7. The molecule has 0 aromatic heterocycles. The highest BCUT2D eigenvalue weighted by atomic mass is 19.4. The second-order valence-corrected chi connectivity index (χ2v) is 6.45. The van der Waals surface area contributed by atoms with E-state index < -0.39 is 18.4 Å². The third kappa shape index (κ3) is 6.97. The van der Waals surface area contributed by atoms with Crippen LogP contribution in [0.25, 0.3) is 0 Å². The number of halogens is 3. The molecule has 0 saturated carbocycles. The Hall–Kier alpha value is -3.11. The van der Waals surface area contributed by atoms with Gasteiger partial charge in [-0.2, -0.15) is 5.48 Å². The largest absolute Gasteiger partial charge is 0.573 e. The summed E-state index contributed by atoms with van der Waals surface area (Å²) in [5.41, 5.74) is 5.47. The smallest absolute Gasteiger partial charge is 0.468 e. The molecule has 2 rings (SSSR count). The van der Waals surface area contributed by atoms with Gasteiger partial charge in [-0.05, 0) is 37.1 Å². The quantitative estimate of drug-likeness (QED) is 0.358. The third-order valence-corrected chi connectivity index (χ3v) is 4.33. The monoisotopic (exact) mass is 440 g/mol. The maximum Gasteiger partial charge on any atom is 0.573 e. The first-order valence-corrected chi connectivity index (χ1v) is 9.13. The van der Waals surface area contributed by atoms with E-state index in [2.05, 4.69) is 15.4 Å². The van der Waals surface area contributed by atoms with Gasteiger partial charge in [-0.15, -0.1) is 13.2 Å². The van der Waals surface area contributed by atoms with Crippen molar-refractivity contribution < 1.29 is 37.1 Å². The van der Waals surface area contributed by atoms with Gasteiger partial charge in [0.1, 0.15) is 12.4 Å². The molecule has 7 nitrogen and oxygen atoms in total. The molecule has 1 atom stereocenters. The molecule has 0 bridgehead atoms. The lowest BCUT2D eigenvalue weighted by Gasteiger charge is -2.19. The van der Waals surface area contributed by atoms with E-state index in [1.54, 1.807) is 25.1 Å². The Balaban J connectivity index is 2.21. The average molecular weight is 440 g/mol. The summed E-state index contributed by atoms with van der Waals surface area (Å²) in [6, 6.07) is 9.89. The van der Waals surface area contributed by atoms with Crippen LogP contribution < -0.4 is 10.2 Å². The number of methoxy groups -OCH3 is 1. The van der Waals surface area contributed by atoms with Gasteiger partial charge in [0.15, 0.2) is 6.04 Å². The SMILES string of the molecule is CONC(C(=O)OC)c1cccc(C)c1CO/N=C(\C)c1cccc(OC(F)(F)F)c1. The number of esters is 1. The summed E-state index contributed by atoms with van der Waals surface area (Å²) < 4.78 is 46.0. The molecule has 0 aliphatic rings. The van der Waals surface area contributed by atoms with Crippen molar-refractivity contribution in [1.82, 2.24) is 5.48 Å². The van der Waals surface area contributed by atoms with E-state index in [0.29, 0.717) is 22.4 Å². The number of nitrogens with zero attached hydrogens (tertiary/aromatic N) is 1. The van der Waals surface area contributed by atoms with Gasteiger partial charge in [0.05, 0.1) is 19.9 Å². The summed E-state index contributed by atoms with van der Waals surface area (Å²) in [6.07, 6.45) is -4.78. The fourth-order valence-electron chi connectivity index (χ4n) is 2.83. The predicted molar refractivity (Wildman–Crippen MR) is 106 cm³/mol. The van der Waals surface area contributed by atoms with Crippen molar-refractivity contribution in [1.29, 1.82) is 0 Å². The summed E-state index contributed by atoms with van der Waals surface area (Å²) >= 11 is 0. The highest BCUT2D eigenvalue weighted by molar-refractivity contribution is 5.98. The van der Waals surface area contributed by atoms with Crippen LogP contribution in [0.2, 0.25) is 0 Å². The molecule has 10 heteroatoms. The number of oxime groups is 1. The molecule has 2 aromatic carbocycles. The zero-order chi connectivity index (χ0) is 23.0. The summed E-state index contributed by atoms with van der Waals surface area (Å²) in [5, 5.41) is 3.99. The van der Waals surface area contributed by atoms with Crippen LogP contribution in [0.15, 0.2) is 47.6 Å². The van der Waals surface area contributed by atoms with Gasteiger partial charge in [-0.1, -0.05) is 35.5 Å². The molecule has 0 heterocycles. The number of alkyl halides is 3. The topological polar surface area (TPSA) is 78.4 Å². The number of benzene rings is 2. The zero-order valence-electron chi connectivity index (χ0n) is 17.4. The van der Waals surface area contributed by atoms with Crippen molar-refractivity contribution in [2.24, 2.45) is 5.16 Å². The van der Waals surface area contributed by atoms with E-state index in [1.165, 1.54) is 32.4 Å². The van der Waals surface area contributed by atoms with E-state index in [-0.39, 0.29) is 12.4 Å². The van der Waals surface area contributed by atoms with E-state index in [1.807, 2.05) is 13.0 Å². The molecule has 2 aromatic rings. The van der Waals surface area contributed by atoms with Crippen LogP contribution in [0.4, 0.5) is 13.2 Å².